The molecule has 0 aliphatic rings. The van der Waals surface area contributed by atoms with Crippen molar-refractivity contribution in [3.05, 3.63) is 59.6 Å². The van der Waals surface area contributed by atoms with Crippen molar-refractivity contribution in [1.82, 2.24) is 19.7 Å². The third-order valence-corrected chi connectivity index (χ3v) is 3.61. The van der Waals surface area contributed by atoms with E-state index in [0.717, 1.165) is 27.7 Å². The maximum Gasteiger partial charge on any atom is 0.163 e. The van der Waals surface area contributed by atoms with Crippen LogP contribution in [0, 0.1) is 12.7 Å². The maximum absolute atomic E-state index is 13.8. The fourth-order valence-electron chi connectivity index (χ4n) is 2.68. The van der Waals surface area contributed by atoms with E-state index in [1.165, 1.54) is 6.20 Å². The summed E-state index contributed by atoms with van der Waals surface area (Å²) in [4.78, 5) is 8.05. The third kappa shape index (κ3) is 2.50. The topological polar surface area (TPSA) is 43.6 Å². The highest BCUT2D eigenvalue weighted by Crippen LogP contribution is 2.25. The van der Waals surface area contributed by atoms with Crippen molar-refractivity contribution in [2.24, 2.45) is 7.05 Å². The van der Waals surface area contributed by atoms with Gasteiger partial charge in [0.15, 0.2) is 5.82 Å². The van der Waals surface area contributed by atoms with Gasteiger partial charge in [0.05, 0.1) is 23.1 Å². The van der Waals surface area contributed by atoms with Crippen LogP contribution in [0.25, 0.3) is 16.5 Å². The molecule has 3 aromatic rings. The number of rotatable bonds is 3. The van der Waals surface area contributed by atoms with Crippen LogP contribution in [0.4, 0.5) is 4.39 Å². The lowest BCUT2D eigenvalue weighted by molar-refractivity contribution is 0.592. The Morgan fingerprint density at radius 3 is 2.86 bits per heavy atom. The zero-order chi connectivity index (χ0) is 15.9. The Bertz CT molecular complexity index is 880. The summed E-state index contributed by atoms with van der Waals surface area (Å²) < 4.78 is 15.7. The van der Waals surface area contributed by atoms with Gasteiger partial charge in [0.2, 0.25) is 0 Å². The van der Waals surface area contributed by atoms with Gasteiger partial charge in [0, 0.05) is 18.9 Å². The minimum Gasteiger partial charge on any atom is -0.267 e. The number of aromatic nitrogens is 4. The summed E-state index contributed by atoms with van der Waals surface area (Å²) in [6, 6.07) is 5.93. The molecule has 0 radical (unpaired) electrons. The van der Waals surface area contributed by atoms with Gasteiger partial charge >= 0.3 is 0 Å². The summed E-state index contributed by atoms with van der Waals surface area (Å²) in [7, 11) is 1.90. The van der Waals surface area contributed by atoms with E-state index in [0.29, 0.717) is 17.9 Å². The van der Waals surface area contributed by atoms with Crippen molar-refractivity contribution >= 4 is 16.5 Å². The molecule has 0 unspecified atom stereocenters. The molecule has 4 nitrogen and oxygen atoms in total. The lowest BCUT2D eigenvalue weighted by atomic mass is 10.0. The normalized spacial score (nSPS) is 11.1. The van der Waals surface area contributed by atoms with Crippen LogP contribution in [-0.2, 0) is 13.5 Å². The number of benzene rings is 1. The first-order chi connectivity index (χ1) is 10.5. The van der Waals surface area contributed by atoms with E-state index in [1.54, 1.807) is 6.92 Å². The van der Waals surface area contributed by atoms with Gasteiger partial charge in [-0.15, -0.1) is 0 Å². The number of fused-ring (bicyclic) bond motifs is 1. The van der Waals surface area contributed by atoms with Gasteiger partial charge < -0.3 is 0 Å². The molecule has 0 aliphatic carbocycles. The zero-order valence-corrected chi connectivity index (χ0v) is 12.9. The van der Waals surface area contributed by atoms with Gasteiger partial charge in [-0.25, -0.2) is 14.4 Å². The average molecular weight is 296 g/mol. The predicted octanol–water partition coefficient (Wildman–Crippen LogP) is 3.43. The molecule has 5 heteroatoms. The number of halogens is 1. The Hall–Kier alpha value is -2.56. The van der Waals surface area contributed by atoms with E-state index in [2.05, 4.69) is 21.6 Å². The largest absolute Gasteiger partial charge is 0.267 e. The Kier molecular flexibility index (Phi) is 3.48. The Morgan fingerprint density at radius 1 is 1.36 bits per heavy atom. The number of aryl methyl sites for hydroxylation is 2. The van der Waals surface area contributed by atoms with Crippen LogP contribution < -0.4 is 0 Å². The Labute approximate surface area is 128 Å². The van der Waals surface area contributed by atoms with Crippen molar-refractivity contribution < 1.29 is 4.39 Å². The van der Waals surface area contributed by atoms with Crippen molar-refractivity contribution in [3.8, 4) is 0 Å². The molecule has 0 fully saturated rings. The van der Waals surface area contributed by atoms with E-state index >= 15 is 0 Å². The summed E-state index contributed by atoms with van der Waals surface area (Å²) in [6.07, 6.45) is 1.65. The molecule has 0 saturated heterocycles. The van der Waals surface area contributed by atoms with E-state index < -0.39 is 0 Å². The van der Waals surface area contributed by atoms with Gasteiger partial charge in [0.1, 0.15) is 5.82 Å². The summed E-state index contributed by atoms with van der Waals surface area (Å²) in [6.45, 7) is 7.72. The standard InChI is InChI=1S/C17H17FN4/c1-10(2)17-13-7-12(5-6-15(13)21-22(17)4)8-16-14(18)9-19-11(3)20-16/h5-7,9H,1,8H2,2-4H3. The molecule has 0 spiro atoms. The number of hydrogen-bond acceptors (Lipinski definition) is 3. The SMILES string of the molecule is C=C(C)c1c2cc(Cc3nc(C)ncc3F)ccc2nn1C. The van der Waals surface area contributed by atoms with Crippen LogP contribution in [0.2, 0.25) is 0 Å². The van der Waals surface area contributed by atoms with E-state index in [1.807, 2.05) is 36.9 Å². The first-order valence-electron chi connectivity index (χ1n) is 7.05. The highest BCUT2D eigenvalue weighted by Gasteiger charge is 2.12. The molecule has 112 valence electrons. The average Bonchev–Trinajstić information content (AvgIpc) is 2.78. The van der Waals surface area contributed by atoms with Crippen LogP contribution in [0.15, 0.2) is 31.0 Å². The number of hydrogen-bond donors (Lipinski definition) is 0. The van der Waals surface area contributed by atoms with Crippen molar-refractivity contribution in [3.63, 3.8) is 0 Å². The highest BCUT2D eigenvalue weighted by atomic mass is 19.1. The van der Waals surface area contributed by atoms with E-state index in [-0.39, 0.29) is 5.82 Å². The second-order valence-electron chi connectivity index (χ2n) is 5.49. The van der Waals surface area contributed by atoms with Crippen LogP contribution in [0.3, 0.4) is 0 Å². The molecule has 0 bridgehead atoms. The van der Waals surface area contributed by atoms with Gasteiger partial charge in [-0.2, -0.15) is 5.10 Å². The number of allylic oxidation sites excluding steroid dienone is 1. The molecular weight excluding hydrogens is 279 g/mol. The maximum atomic E-state index is 13.8. The third-order valence-electron chi connectivity index (χ3n) is 3.61. The highest BCUT2D eigenvalue weighted by molar-refractivity contribution is 5.90. The fraction of sp³-hybridized carbons (Fsp3) is 0.235. The minimum absolute atomic E-state index is 0.378. The van der Waals surface area contributed by atoms with Crippen LogP contribution in [-0.4, -0.2) is 19.7 Å². The molecule has 0 amide bonds. The summed E-state index contributed by atoms with van der Waals surface area (Å²) in [5, 5.41) is 5.50. The first-order valence-corrected chi connectivity index (χ1v) is 7.05. The van der Waals surface area contributed by atoms with Crippen LogP contribution in [0.5, 0.6) is 0 Å². The smallest absolute Gasteiger partial charge is 0.163 e. The molecule has 0 atom stereocenters. The predicted molar refractivity (Wildman–Crippen MR) is 85.0 cm³/mol. The van der Waals surface area contributed by atoms with Gasteiger partial charge in [-0.05, 0) is 37.1 Å². The summed E-state index contributed by atoms with van der Waals surface area (Å²) in [5.74, 6) is 0.193. The minimum atomic E-state index is -0.378. The fourth-order valence-corrected chi connectivity index (χ4v) is 2.68. The van der Waals surface area contributed by atoms with Crippen molar-refractivity contribution in [2.45, 2.75) is 20.3 Å². The second-order valence-corrected chi connectivity index (χ2v) is 5.49. The molecule has 0 N–H and O–H groups in total. The van der Waals surface area contributed by atoms with E-state index in [9.17, 15) is 4.39 Å². The molecule has 2 aromatic heterocycles. The molecule has 0 aliphatic heterocycles. The zero-order valence-electron chi connectivity index (χ0n) is 12.9. The van der Waals surface area contributed by atoms with E-state index in [4.69, 9.17) is 0 Å². The summed E-state index contributed by atoms with van der Waals surface area (Å²) in [5.41, 5.74) is 4.25. The van der Waals surface area contributed by atoms with Crippen molar-refractivity contribution in [1.29, 1.82) is 0 Å². The molecule has 1 aromatic carbocycles. The molecule has 22 heavy (non-hydrogen) atoms. The molecule has 0 saturated carbocycles. The Balaban J connectivity index is 2.07. The summed E-state index contributed by atoms with van der Waals surface area (Å²) >= 11 is 0. The first kappa shape index (κ1) is 14.4. The molecular formula is C17H17FN4. The number of nitrogens with zero attached hydrogens (tertiary/aromatic N) is 4. The van der Waals surface area contributed by atoms with Crippen molar-refractivity contribution in [2.75, 3.05) is 0 Å². The van der Waals surface area contributed by atoms with Crippen LogP contribution >= 0.6 is 0 Å². The Morgan fingerprint density at radius 2 is 2.14 bits per heavy atom. The van der Waals surface area contributed by atoms with Gasteiger partial charge in [-0.1, -0.05) is 12.6 Å². The second kappa shape index (κ2) is 5.33. The molecule has 3 rings (SSSR count). The lowest BCUT2D eigenvalue weighted by Crippen LogP contribution is -2.00. The lowest BCUT2D eigenvalue weighted by Gasteiger charge is -2.05. The van der Waals surface area contributed by atoms with Gasteiger partial charge in [-0.3, -0.25) is 4.68 Å². The van der Waals surface area contributed by atoms with Crippen LogP contribution in [0.1, 0.15) is 29.7 Å². The quantitative estimate of drug-likeness (QED) is 0.743. The monoisotopic (exact) mass is 296 g/mol. The van der Waals surface area contributed by atoms with Gasteiger partial charge in [0.25, 0.3) is 0 Å². The molecule has 2 heterocycles.